The number of rotatable bonds is 1. The summed E-state index contributed by atoms with van der Waals surface area (Å²) in [6.45, 7) is 0. The second-order valence-corrected chi connectivity index (χ2v) is 5.91. The minimum atomic E-state index is -2.85. The number of sulfone groups is 1. The summed E-state index contributed by atoms with van der Waals surface area (Å²) < 4.78 is 22.5. The summed E-state index contributed by atoms with van der Waals surface area (Å²) in [5.41, 5.74) is 8.55. The summed E-state index contributed by atoms with van der Waals surface area (Å²) in [5.74, 6) is 0.365. The van der Waals surface area contributed by atoms with Gasteiger partial charge in [-0.1, -0.05) is 24.3 Å². The number of benzene rings is 1. The normalized spacial score (nSPS) is 19.6. The molecule has 1 heterocycles. The summed E-state index contributed by atoms with van der Waals surface area (Å²) in [6.07, 6.45) is 2.33. The zero-order valence-electron chi connectivity index (χ0n) is 8.31. The molecule has 3 nitrogen and oxygen atoms in total. The van der Waals surface area contributed by atoms with Gasteiger partial charge >= 0.3 is 0 Å². The van der Waals surface area contributed by atoms with Gasteiger partial charge in [-0.3, -0.25) is 0 Å². The van der Waals surface area contributed by atoms with E-state index in [1.807, 2.05) is 24.3 Å². The molecule has 0 aliphatic carbocycles. The molecule has 0 atom stereocenters. The van der Waals surface area contributed by atoms with Crippen molar-refractivity contribution in [3.05, 3.63) is 35.9 Å². The van der Waals surface area contributed by atoms with E-state index in [0.717, 1.165) is 11.1 Å². The van der Waals surface area contributed by atoms with E-state index in [4.69, 9.17) is 5.73 Å². The van der Waals surface area contributed by atoms with Crippen LogP contribution in [0.25, 0.3) is 5.57 Å². The van der Waals surface area contributed by atoms with Crippen LogP contribution < -0.4 is 5.73 Å². The lowest BCUT2D eigenvalue weighted by molar-refractivity contribution is 0.598. The molecule has 1 aromatic carbocycles. The van der Waals surface area contributed by atoms with Gasteiger partial charge in [0.1, 0.15) is 0 Å². The monoisotopic (exact) mass is 223 g/mol. The van der Waals surface area contributed by atoms with Crippen LogP contribution >= 0.6 is 0 Å². The third-order valence-corrected chi connectivity index (χ3v) is 4.07. The molecule has 15 heavy (non-hydrogen) atoms. The van der Waals surface area contributed by atoms with Crippen LogP contribution in [0.1, 0.15) is 12.0 Å². The predicted molar refractivity (Wildman–Crippen MR) is 62.1 cm³/mol. The third-order valence-electron chi connectivity index (χ3n) is 2.57. The molecule has 2 rings (SSSR count). The van der Waals surface area contributed by atoms with Crippen LogP contribution in [0.4, 0.5) is 5.69 Å². The van der Waals surface area contributed by atoms with Crippen molar-refractivity contribution >= 4 is 21.1 Å². The number of hydrogen-bond donors (Lipinski definition) is 1. The molecule has 0 aromatic heterocycles. The first kappa shape index (κ1) is 10.2. The van der Waals surface area contributed by atoms with Gasteiger partial charge in [0.15, 0.2) is 9.84 Å². The van der Waals surface area contributed by atoms with Gasteiger partial charge in [0.25, 0.3) is 0 Å². The highest BCUT2D eigenvalue weighted by molar-refractivity contribution is 7.91. The van der Waals surface area contributed by atoms with E-state index in [0.29, 0.717) is 12.1 Å². The zero-order valence-corrected chi connectivity index (χ0v) is 9.13. The molecule has 0 radical (unpaired) electrons. The van der Waals surface area contributed by atoms with Gasteiger partial charge in [0.2, 0.25) is 0 Å². The molecule has 0 bridgehead atoms. The summed E-state index contributed by atoms with van der Waals surface area (Å²) in [4.78, 5) is 0. The van der Waals surface area contributed by atoms with Gasteiger partial charge in [-0.05, 0) is 18.1 Å². The maximum atomic E-state index is 11.2. The molecule has 0 saturated carbocycles. The Kier molecular flexibility index (Phi) is 2.52. The molecule has 80 valence electrons. The summed E-state index contributed by atoms with van der Waals surface area (Å²) >= 11 is 0. The van der Waals surface area contributed by atoms with E-state index < -0.39 is 9.84 Å². The summed E-state index contributed by atoms with van der Waals surface area (Å²) in [5, 5.41) is 0. The number of para-hydroxylation sites is 1. The van der Waals surface area contributed by atoms with Crippen LogP contribution in [0.2, 0.25) is 0 Å². The zero-order chi connectivity index (χ0) is 10.9. The van der Waals surface area contributed by atoms with Crippen LogP contribution in [0, 0.1) is 0 Å². The molecule has 0 unspecified atom stereocenters. The molecule has 4 heteroatoms. The molecule has 1 aliphatic rings. The third kappa shape index (κ3) is 2.21. The Morgan fingerprint density at radius 3 is 2.53 bits per heavy atom. The van der Waals surface area contributed by atoms with Crippen molar-refractivity contribution in [2.24, 2.45) is 0 Å². The van der Waals surface area contributed by atoms with E-state index in [1.54, 1.807) is 6.08 Å². The van der Waals surface area contributed by atoms with E-state index in [1.165, 1.54) is 0 Å². The molecular weight excluding hydrogens is 210 g/mol. The number of nitrogens with two attached hydrogens (primary N) is 1. The second-order valence-electron chi connectivity index (χ2n) is 3.68. The van der Waals surface area contributed by atoms with E-state index in [9.17, 15) is 8.42 Å². The number of nitrogen functional groups attached to an aromatic ring is 1. The lowest BCUT2D eigenvalue weighted by atomic mass is 10.0. The maximum Gasteiger partial charge on any atom is 0.154 e. The Morgan fingerprint density at radius 1 is 1.20 bits per heavy atom. The van der Waals surface area contributed by atoms with E-state index in [2.05, 4.69) is 0 Å². The highest BCUT2D eigenvalue weighted by Gasteiger charge is 2.18. The average molecular weight is 223 g/mol. The minimum Gasteiger partial charge on any atom is -0.398 e. The fourth-order valence-corrected chi connectivity index (χ4v) is 2.87. The molecular formula is C11H13NO2S. The molecule has 0 saturated heterocycles. The standard InChI is InChI=1S/C11H13NO2S/c12-11-4-2-1-3-10(11)9-5-7-15(13,14)8-6-9/h1-5H,6-8,12H2. The van der Waals surface area contributed by atoms with Gasteiger partial charge in [-0.15, -0.1) is 0 Å². The first-order chi connectivity index (χ1) is 7.08. The fraction of sp³-hybridized carbons (Fsp3) is 0.273. The van der Waals surface area contributed by atoms with Crippen LogP contribution in [0.15, 0.2) is 30.3 Å². The van der Waals surface area contributed by atoms with Crippen molar-refractivity contribution in [3.8, 4) is 0 Å². The second kappa shape index (κ2) is 3.70. The van der Waals surface area contributed by atoms with Gasteiger partial charge in [-0.25, -0.2) is 8.42 Å². The van der Waals surface area contributed by atoms with Crippen LogP contribution in [0.5, 0.6) is 0 Å². The molecule has 0 spiro atoms. The number of allylic oxidation sites excluding steroid dienone is 1. The Hall–Kier alpha value is -1.29. The molecule has 0 amide bonds. The number of hydrogen-bond acceptors (Lipinski definition) is 3. The van der Waals surface area contributed by atoms with Crippen molar-refractivity contribution in [1.29, 1.82) is 0 Å². The predicted octanol–water partition coefficient (Wildman–Crippen LogP) is 1.47. The van der Waals surface area contributed by atoms with Crippen molar-refractivity contribution < 1.29 is 8.42 Å². The molecule has 2 N–H and O–H groups in total. The summed E-state index contributed by atoms with van der Waals surface area (Å²) in [6, 6.07) is 7.55. The SMILES string of the molecule is Nc1ccccc1C1=CCS(=O)(=O)CC1. The first-order valence-electron chi connectivity index (χ1n) is 4.83. The highest BCUT2D eigenvalue weighted by atomic mass is 32.2. The molecule has 1 aliphatic heterocycles. The van der Waals surface area contributed by atoms with Crippen molar-refractivity contribution in [2.75, 3.05) is 17.2 Å². The van der Waals surface area contributed by atoms with Crippen LogP contribution in [0.3, 0.4) is 0 Å². The Morgan fingerprint density at radius 2 is 1.93 bits per heavy atom. The topological polar surface area (TPSA) is 60.2 Å². The summed E-state index contributed by atoms with van der Waals surface area (Å²) in [7, 11) is -2.85. The first-order valence-corrected chi connectivity index (χ1v) is 6.65. The van der Waals surface area contributed by atoms with Gasteiger partial charge in [0, 0.05) is 11.3 Å². The molecule has 1 aromatic rings. The quantitative estimate of drug-likeness (QED) is 0.733. The van der Waals surface area contributed by atoms with Crippen LogP contribution in [-0.4, -0.2) is 19.9 Å². The smallest absolute Gasteiger partial charge is 0.154 e. The van der Waals surface area contributed by atoms with Crippen LogP contribution in [-0.2, 0) is 9.84 Å². The maximum absolute atomic E-state index is 11.2. The average Bonchev–Trinajstić information content (AvgIpc) is 2.19. The lowest BCUT2D eigenvalue weighted by Crippen LogP contribution is -2.15. The lowest BCUT2D eigenvalue weighted by Gasteiger charge is -2.15. The van der Waals surface area contributed by atoms with Gasteiger partial charge in [-0.2, -0.15) is 0 Å². The largest absolute Gasteiger partial charge is 0.398 e. The Balaban J connectivity index is 2.35. The van der Waals surface area contributed by atoms with Gasteiger partial charge < -0.3 is 5.73 Å². The van der Waals surface area contributed by atoms with E-state index >= 15 is 0 Å². The van der Waals surface area contributed by atoms with Crippen molar-refractivity contribution in [2.45, 2.75) is 6.42 Å². The molecule has 0 fully saturated rings. The highest BCUT2D eigenvalue weighted by Crippen LogP contribution is 2.27. The number of anilines is 1. The van der Waals surface area contributed by atoms with E-state index in [-0.39, 0.29) is 11.5 Å². The van der Waals surface area contributed by atoms with Crippen molar-refractivity contribution in [3.63, 3.8) is 0 Å². The Bertz CT molecular complexity index is 503. The fourth-order valence-electron chi connectivity index (χ4n) is 1.71. The van der Waals surface area contributed by atoms with Crippen molar-refractivity contribution in [1.82, 2.24) is 0 Å². The van der Waals surface area contributed by atoms with Gasteiger partial charge in [0.05, 0.1) is 11.5 Å². The minimum absolute atomic E-state index is 0.136. The Labute approximate surface area is 89.5 Å².